The van der Waals surface area contributed by atoms with Crippen LogP contribution in [0.1, 0.15) is 37.1 Å². The van der Waals surface area contributed by atoms with Gasteiger partial charge in [-0.25, -0.2) is 9.36 Å². The number of thioether (sulfide) groups is 1. The van der Waals surface area contributed by atoms with Gasteiger partial charge in [0, 0.05) is 35.0 Å². The molecule has 4 heterocycles. The Bertz CT molecular complexity index is 1310. The van der Waals surface area contributed by atoms with Crippen molar-refractivity contribution in [3.05, 3.63) is 47.2 Å². The van der Waals surface area contributed by atoms with Crippen LogP contribution in [0.5, 0.6) is 0 Å². The van der Waals surface area contributed by atoms with Gasteiger partial charge in [-0.05, 0) is 31.2 Å². The van der Waals surface area contributed by atoms with Crippen molar-refractivity contribution in [2.24, 2.45) is 5.16 Å². The van der Waals surface area contributed by atoms with Crippen LogP contribution < -0.4 is 15.6 Å². The van der Waals surface area contributed by atoms with Crippen molar-refractivity contribution in [3.8, 4) is 0 Å². The molecule has 1 unspecified atom stereocenters. The fourth-order valence-electron chi connectivity index (χ4n) is 4.57. The number of aromatic nitrogens is 3. The second kappa shape index (κ2) is 11.0. The topological polar surface area (TPSA) is 184 Å². The van der Waals surface area contributed by atoms with E-state index in [9.17, 15) is 24.6 Å². The van der Waals surface area contributed by atoms with Crippen LogP contribution in [0, 0.1) is 0 Å². The summed E-state index contributed by atoms with van der Waals surface area (Å²) in [6, 6.07) is 2.52. The van der Waals surface area contributed by atoms with Crippen LogP contribution in [0.25, 0.3) is 0 Å². The van der Waals surface area contributed by atoms with E-state index in [1.165, 1.54) is 16.7 Å². The predicted molar refractivity (Wildman–Crippen MR) is 136 cm³/mol. The normalized spacial score (nSPS) is 21.8. The first-order chi connectivity index (χ1) is 18.4. The third kappa shape index (κ3) is 5.21. The summed E-state index contributed by atoms with van der Waals surface area (Å²) in [5.74, 6) is -2.10. The Balaban J connectivity index is 1.32. The summed E-state index contributed by atoms with van der Waals surface area (Å²) in [5.41, 5.74) is 6.71. The smallest absolute Gasteiger partial charge is 0.352 e. The number of hydrogen-bond acceptors (Lipinski definition) is 11. The molecular weight excluding hydrogens is 534 g/mol. The predicted octanol–water partition coefficient (Wildman–Crippen LogP) is 0.00220. The summed E-state index contributed by atoms with van der Waals surface area (Å²) in [6.45, 7) is 0.169. The molecule has 2 aromatic heterocycles. The molecule has 13 nitrogen and oxygen atoms in total. The van der Waals surface area contributed by atoms with E-state index in [1.807, 2.05) is 0 Å². The number of oxime groups is 1. The molecule has 200 valence electrons. The number of carboxylic acid groups (broad SMARTS) is 1. The van der Waals surface area contributed by atoms with Crippen molar-refractivity contribution in [2.75, 3.05) is 11.5 Å². The molecule has 5 rings (SSSR count). The highest BCUT2D eigenvalue weighted by Gasteiger charge is 2.55. The number of amides is 2. The van der Waals surface area contributed by atoms with E-state index in [2.05, 4.69) is 19.8 Å². The van der Waals surface area contributed by atoms with Crippen LogP contribution in [-0.2, 0) is 32.4 Å². The standard InChI is InChI=1S/C23H25N7O6S2/c24-23-26-18(28-38-23)15(27-36-14-3-1-2-4-14)19(32)25-16-20(33)30-17(22(34)35)13(11-37-21(16)30)9-29-7-5-12(10-31)6-8-29/h5-8,14,16,21,31H,1-4,9-11H2,(H3-,24,25,26,28,32,34,35)/p+1/b27-15-/t16?,21-/m1/s1. The number of β-lactam (4-membered cyclic amide) rings is 1. The van der Waals surface area contributed by atoms with Gasteiger partial charge in [-0.2, -0.15) is 9.36 Å². The third-order valence-electron chi connectivity index (χ3n) is 6.52. The van der Waals surface area contributed by atoms with Crippen LogP contribution in [-0.4, -0.2) is 71.2 Å². The van der Waals surface area contributed by atoms with Crippen molar-refractivity contribution >= 4 is 51.9 Å². The Morgan fingerprint density at radius 1 is 1.29 bits per heavy atom. The van der Waals surface area contributed by atoms with Gasteiger partial charge in [-0.3, -0.25) is 14.5 Å². The number of carbonyl (C=O) groups is 3. The molecule has 1 saturated carbocycles. The number of nitrogens with two attached hydrogens (primary N) is 1. The summed E-state index contributed by atoms with van der Waals surface area (Å²) in [4.78, 5) is 49.3. The number of aliphatic hydroxyl groups excluding tert-OH is 1. The number of nitrogen functional groups attached to an aromatic ring is 1. The van der Waals surface area contributed by atoms with Gasteiger partial charge in [0.1, 0.15) is 23.2 Å². The van der Waals surface area contributed by atoms with E-state index in [0.29, 0.717) is 11.3 Å². The number of rotatable bonds is 9. The van der Waals surface area contributed by atoms with E-state index in [1.54, 1.807) is 29.1 Å². The summed E-state index contributed by atoms with van der Waals surface area (Å²) < 4.78 is 5.84. The number of aliphatic carboxylic acids is 1. The summed E-state index contributed by atoms with van der Waals surface area (Å²) in [6.07, 6.45) is 7.06. The molecule has 5 N–H and O–H groups in total. The minimum absolute atomic E-state index is 0.000529. The minimum Gasteiger partial charge on any atom is -0.477 e. The van der Waals surface area contributed by atoms with Gasteiger partial charge in [-0.15, -0.1) is 11.8 Å². The summed E-state index contributed by atoms with van der Waals surface area (Å²) >= 11 is 2.27. The number of hydrogen-bond donors (Lipinski definition) is 4. The monoisotopic (exact) mass is 560 g/mol. The largest absolute Gasteiger partial charge is 0.477 e. The fraction of sp³-hybridized carbons (Fsp3) is 0.435. The maximum absolute atomic E-state index is 13.2. The Hall–Kier alpha value is -3.56. The van der Waals surface area contributed by atoms with E-state index in [-0.39, 0.29) is 41.6 Å². The Labute approximate surface area is 225 Å². The second-order valence-corrected chi connectivity index (χ2v) is 11.0. The summed E-state index contributed by atoms with van der Waals surface area (Å²) in [7, 11) is 0. The van der Waals surface area contributed by atoms with E-state index >= 15 is 0 Å². The van der Waals surface area contributed by atoms with Crippen molar-refractivity contribution in [3.63, 3.8) is 0 Å². The van der Waals surface area contributed by atoms with Crippen LogP contribution >= 0.6 is 23.3 Å². The number of nitrogens with zero attached hydrogens (tertiary/aromatic N) is 5. The summed E-state index contributed by atoms with van der Waals surface area (Å²) in [5, 5.41) is 25.4. The van der Waals surface area contributed by atoms with Crippen LogP contribution in [0.15, 0.2) is 41.0 Å². The molecule has 0 aromatic carbocycles. The average molecular weight is 561 g/mol. The number of carboxylic acids is 1. The number of carbonyl (C=O) groups excluding carboxylic acids is 2. The number of fused-ring (bicyclic) bond motifs is 1. The first kappa shape index (κ1) is 26.1. The number of aliphatic hydroxyl groups is 1. The molecular formula is C23H26N7O6S2+. The zero-order chi connectivity index (χ0) is 26.8. The lowest BCUT2D eigenvalue weighted by atomic mass is 10.0. The van der Waals surface area contributed by atoms with Crippen molar-refractivity contribution in [2.45, 2.75) is 56.4 Å². The van der Waals surface area contributed by atoms with Crippen LogP contribution in [0.2, 0.25) is 0 Å². The van der Waals surface area contributed by atoms with E-state index < -0.39 is 29.2 Å². The van der Waals surface area contributed by atoms with Gasteiger partial charge in [-0.1, -0.05) is 5.16 Å². The second-order valence-electron chi connectivity index (χ2n) is 9.06. The molecule has 3 aliphatic rings. The number of anilines is 1. The van der Waals surface area contributed by atoms with Crippen LogP contribution in [0.3, 0.4) is 0 Å². The van der Waals surface area contributed by atoms with Crippen molar-refractivity contribution < 1.29 is 34.0 Å². The molecule has 0 radical (unpaired) electrons. The highest BCUT2D eigenvalue weighted by atomic mass is 32.2. The quantitative estimate of drug-likeness (QED) is 0.141. The first-order valence-corrected chi connectivity index (χ1v) is 13.8. The maximum atomic E-state index is 13.2. The van der Waals surface area contributed by atoms with Gasteiger partial charge < -0.3 is 26.1 Å². The zero-order valence-corrected chi connectivity index (χ0v) is 21.8. The SMILES string of the molecule is Nc1nc(/C(=N/OC2CCCC2)C(=O)NC2C(=O)N3C(C(=O)O)=C(C[n+]4ccc(CO)cc4)CS[C@H]23)ns1. The maximum Gasteiger partial charge on any atom is 0.352 e. The van der Waals surface area contributed by atoms with Crippen LogP contribution in [0.4, 0.5) is 5.13 Å². The van der Waals surface area contributed by atoms with Crippen molar-refractivity contribution in [1.29, 1.82) is 0 Å². The number of pyridine rings is 1. The molecule has 2 amide bonds. The van der Waals surface area contributed by atoms with E-state index in [0.717, 1.165) is 42.8 Å². The molecule has 1 aliphatic carbocycles. The Morgan fingerprint density at radius 3 is 2.66 bits per heavy atom. The minimum atomic E-state index is -1.22. The molecule has 0 bridgehead atoms. The fourth-order valence-corrected chi connectivity index (χ4v) is 6.34. The Morgan fingerprint density at radius 2 is 2.03 bits per heavy atom. The molecule has 38 heavy (non-hydrogen) atoms. The van der Waals surface area contributed by atoms with Gasteiger partial charge >= 0.3 is 5.97 Å². The highest BCUT2D eigenvalue weighted by Crippen LogP contribution is 2.40. The van der Waals surface area contributed by atoms with Gasteiger partial charge in [0.15, 0.2) is 24.1 Å². The lowest BCUT2D eigenvalue weighted by Crippen LogP contribution is -2.71. The molecule has 1 saturated heterocycles. The molecule has 2 aromatic rings. The van der Waals surface area contributed by atoms with Gasteiger partial charge in [0.2, 0.25) is 11.5 Å². The zero-order valence-electron chi connectivity index (χ0n) is 20.1. The number of nitrogens with one attached hydrogen (secondary N) is 1. The third-order valence-corrected chi connectivity index (χ3v) is 8.40. The van der Waals surface area contributed by atoms with Crippen molar-refractivity contribution in [1.82, 2.24) is 19.6 Å². The molecule has 2 fully saturated rings. The Kier molecular flexibility index (Phi) is 7.58. The lowest BCUT2D eigenvalue weighted by molar-refractivity contribution is -0.689. The first-order valence-electron chi connectivity index (χ1n) is 12.0. The van der Waals surface area contributed by atoms with E-state index in [4.69, 9.17) is 10.6 Å². The molecule has 0 spiro atoms. The lowest BCUT2D eigenvalue weighted by Gasteiger charge is -2.49. The molecule has 2 atom stereocenters. The molecule has 2 aliphatic heterocycles. The molecule has 15 heteroatoms. The average Bonchev–Trinajstić information content (AvgIpc) is 3.59. The highest BCUT2D eigenvalue weighted by molar-refractivity contribution is 8.00. The van der Waals surface area contributed by atoms with Gasteiger partial charge in [0.25, 0.3) is 11.8 Å². The van der Waals surface area contributed by atoms with Gasteiger partial charge in [0.05, 0.1) is 6.61 Å².